The molecule has 35 heavy (non-hydrogen) atoms. The fourth-order valence-electron chi connectivity index (χ4n) is 5.96. The highest BCUT2D eigenvalue weighted by Crippen LogP contribution is 2.51. The maximum absolute atomic E-state index is 13.8. The molecule has 0 aromatic heterocycles. The smallest absolute Gasteiger partial charge is 0.389 e. The second-order valence-electron chi connectivity index (χ2n) is 9.29. The van der Waals surface area contributed by atoms with Crippen LogP contribution in [0, 0.1) is 11.8 Å². The van der Waals surface area contributed by atoms with E-state index in [0.29, 0.717) is 16.9 Å². The quantitative estimate of drug-likeness (QED) is 0.338. The van der Waals surface area contributed by atoms with Crippen molar-refractivity contribution in [1.29, 1.82) is 0 Å². The number of anilines is 1. The van der Waals surface area contributed by atoms with E-state index in [1.54, 1.807) is 11.2 Å². The maximum Gasteiger partial charge on any atom is 0.389 e. The third-order valence-corrected chi connectivity index (χ3v) is 8.93. The van der Waals surface area contributed by atoms with Crippen LogP contribution >= 0.6 is 0 Å². The van der Waals surface area contributed by atoms with Crippen LogP contribution < -0.4 is 4.31 Å². The third kappa shape index (κ3) is 3.35. The highest BCUT2D eigenvalue weighted by Gasteiger charge is 2.61. The van der Waals surface area contributed by atoms with Crippen LogP contribution in [0.1, 0.15) is 26.3 Å². The van der Waals surface area contributed by atoms with Gasteiger partial charge >= 0.3 is 5.97 Å². The lowest BCUT2D eigenvalue weighted by molar-refractivity contribution is -0.252. The van der Waals surface area contributed by atoms with E-state index in [1.165, 1.54) is 12.0 Å². The third-order valence-electron chi connectivity index (χ3n) is 7.36. The number of carbonyl (C=O) groups excluding carboxylic acids is 2. The van der Waals surface area contributed by atoms with Gasteiger partial charge in [-0.25, -0.2) is 9.00 Å². The number of benzene rings is 2. The van der Waals surface area contributed by atoms with Crippen LogP contribution in [0.2, 0.25) is 0 Å². The summed E-state index contributed by atoms with van der Waals surface area (Å²) in [7, 11) is -0.365. The van der Waals surface area contributed by atoms with Crippen molar-refractivity contribution in [1.82, 2.24) is 4.90 Å². The Morgan fingerprint density at radius 2 is 2.00 bits per heavy atom. The van der Waals surface area contributed by atoms with Crippen LogP contribution in [-0.2, 0) is 36.8 Å². The molecule has 0 bridgehead atoms. The van der Waals surface area contributed by atoms with Crippen LogP contribution in [0.25, 0.3) is 10.8 Å². The number of aliphatic hydroxyl groups is 2. The molecule has 1 amide bonds. The van der Waals surface area contributed by atoms with Gasteiger partial charge in [0, 0.05) is 17.9 Å². The Kier molecular flexibility index (Phi) is 5.95. The molecular weight excluding hydrogens is 472 g/mol. The van der Waals surface area contributed by atoms with Crippen molar-refractivity contribution in [3.05, 3.63) is 47.2 Å². The normalized spacial score (nSPS) is 26.7. The Hall–Kier alpha value is -2.79. The van der Waals surface area contributed by atoms with Crippen molar-refractivity contribution in [2.24, 2.45) is 11.8 Å². The van der Waals surface area contributed by atoms with Gasteiger partial charge in [-0.05, 0) is 48.9 Å². The molecule has 2 aromatic carbocycles. The average molecular weight is 501 g/mol. The minimum absolute atomic E-state index is 0.0114. The second kappa shape index (κ2) is 8.70. The first-order chi connectivity index (χ1) is 16.7. The van der Waals surface area contributed by atoms with Gasteiger partial charge in [0.05, 0.1) is 41.8 Å². The van der Waals surface area contributed by atoms with Crippen LogP contribution in [0.4, 0.5) is 5.69 Å². The Morgan fingerprint density at radius 3 is 2.66 bits per heavy atom. The average Bonchev–Trinajstić information content (AvgIpc) is 3.23. The molecule has 3 heterocycles. The van der Waals surface area contributed by atoms with Crippen LogP contribution in [0.5, 0.6) is 0 Å². The van der Waals surface area contributed by atoms with Crippen molar-refractivity contribution in [3.63, 3.8) is 0 Å². The summed E-state index contributed by atoms with van der Waals surface area (Å²) in [6.45, 7) is 5.32. The van der Waals surface area contributed by atoms with E-state index < -0.39 is 41.1 Å². The predicted octanol–water partition coefficient (Wildman–Crippen LogP) is 1.82. The van der Waals surface area contributed by atoms with Gasteiger partial charge in [-0.1, -0.05) is 25.1 Å². The number of β-lactam (4-membered cyclic amide) rings is 1. The van der Waals surface area contributed by atoms with Crippen molar-refractivity contribution in [3.8, 4) is 0 Å². The van der Waals surface area contributed by atoms with E-state index >= 15 is 0 Å². The number of amides is 1. The monoisotopic (exact) mass is 500 g/mol. The van der Waals surface area contributed by atoms with Gasteiger partial charge < -0.3 is 15.1 Å². The summed E-state index contributed by atoms with van der Waals surface area (Å²) in [5, 5.41) is 21.4. The lowest BCUT2D eigenvalue weighted by Crippen LogP contribution is -2.63. The lowest BCUT2D eigenvalue weighted by atomic mass is 9.77. The molecule has 3 aliphatic rings. The zero-order chi connectivity index (χ0) is 25.2. The molecular formula is C25H28N2O7S. The molecule has 2 N–H and O–H groups in total. The van der Waals surface area contributed by atoms with E-state index in [1.807, 2.05) is 44.2 Å². The molecule has 2 aromatic rings. The Labute approximate surface area is 205 Å². The summed E-state index contributed by atoms with van der Waals surface area (Å²) in [5.74, 6) is -2.06. The van der Waals surface area contributed by atoms with Gasteiger partial charge in [0.25, 0.3) is 0 Å². The van der Waals surface area contributed by atoms with Crippen LogP contribution in [0.15, 0.2) is 46.5 Å². The molecule has 186 valence electrons. The summed E-state index contributed by atoms with van der Waals surface area (Å²) in [5.41, 5.74) is 2.36. The lowest BCUT2D eigenvalue weighted by Gasteiger charge is -2.46. The maximum atomic E-state index is 13.8. The minimum Gasteiger partial charge on any atom is -0.396 e. The van der Waals surface area contributed by atoms with E-state index in [4.69, 9.17) is 4.89 Å². The molecule has 0 aliphatic carbocycles. The number of aliphatic hydroxyl groups excluding tert-OH is 2. The van der Waals surface area contributed by atoms with E-state index in [9.17, 15) is 24.0 Å². The Balaban J connectivity index is 1.62. The number of rotatable bonds is 7. The Bertz CT molecular complexity index is 1290. The fourth-order valence-corrected chi connectivity index (χ4v) is 7.56. The molecule has 0 spiro atoms. The number of fused-ring (bicyclic) bond motifs is 1. The van der Waals surface area contributed by atoms with Crippen molar-refractivity contribution in [2.45, 2.75) is 50.3 Å². The zero-order valence-electron chi connectivity index (χ0n) is 19.9. The van der Waals surface area contributed by atoms with E-state index in [-0.39, 0.29) is 24.1 Å². The van der Waals surface area contributed by atoms with Gasteiger partial charge in [-0.3, -0.25) is 14.0 Å². The van der Waals surface area contributed by atoms with Gasteiger partial charge in [-0.2, -0.15) is 4.89 Å². The molecule has 1 saturated heterocycles. The van der Waals surface area contributed by atoms with E-state index in [2.05, 4.69) is 4.89 Å². The van der Waals surface area contributed by atoms with Gasteiger partial charge in [-0.15, -0.1) is 0 Å². The predicted molar refractivity (Wildman–Crippen MR) is 128 cm³/mol. The molecule has 9 nitrogen and oxygen atoms in total. The molecule has 6 atom stereocenters. The first kappa shape index (κ1) is 23.9. The molecule has 0 radical (unpaired) electrons. The number of carbonyl (C=O) groups is 2. The highest BCUT2D eigenvalue weighted by atomic mass is 32.2. The SMILES string of the molecule is COOC(=O)C1=C(C(C)N2c3cccc4cc(CCO)cc(c34)S2=O)C(C)C2C(C(C)O)C(=O)N12. The number of hydrogen-bond donors (Lipinski definition) is 2. The number of nitrogens with zero attached hydrogens (tertiary/aromatic N) is 2. The summed E-state index contributed by atoms with van der Waals surface area (Å²) >= 11 is 0. The summed E-state index contributed by atoms with van der Waals surface area (Å²) in [6, 6.07) is 8.65. The van der Waals surface area contributed by atoms with Crippen molar-refractivity contribution in [2.75, 3.05) is 18.0 Å². The summed E-state index contributed by atoms with van der Waals surface area (Å²) < 4.78 is 15.6. The summed E-state index contributed by atoms with van der Waals surface area (Å²) in [4.78, 5) is 37.4. The van der Waals surface area contributed by atoms with Gasteiger partial charge in [0.1, 0.15) is 5.70 Å². The molecule has 10 heteroatoms. The van der Waals surface area contributed by atoms with Gasteiger partial charge in [0.15, 0.2) is 11.0 Å². The number of hydrogen-bond acceptors (Lipinski definition) is 7. The Morgan fingerprint density at radius 1 is 1.26 bits per heavy atom. The largest absolute Gasteiger partial charge is 0.396 e. The van der Waals surface area contributed by atoms with Crippen LogP contribution in [0.3, 0.4) is 0 Å². The molecule has 0 saturated carbocycles. The van der Waals surface area contributed by atoms with Crippen molar-refractivity contribution >= 4 is 39.3 Å². The molecule has 6 unspecified atom stereocenters. The molecule has 5 rings (SSSR count). The fraction of sp³-hybridized carbons (Fsp3) is 0.440. The first-order valence-electron chi connectivity index (χ1n) is 11.6. The summed E-state index contributed by atoms with van der Waals surface area (Å²) in [6.07, 6.45) is -0.418. The second-order valence-corrected chi connectivity index (χ2v) is 10.6. The van der Waals surface area contributed by atoms with E-state index in [0.717, 1.165) is 22.0 Å². The van der Waals surface area contributed by atoms with Gasteiger partial charge in [0.2, 0.25) is 5.91 Å². The first-order valence-corrected chi connectivity index (χ1v) is 12.7. The standard InChI is InChI=1S/C25H28N2O7S/c1-12-19(23(25(31)34-33-4)26-22(12)20(14(3)29)24(26)30)13(2)27-17-7-5-6-16-10-15(8-9-28)11-18(21(16)17)35(27)32/h5-7,10-14,20,22,28-29H,8-9H2,1-4H3. The topological polar surface area (TPSA) is 117 Å². The molecule has 3 aliphatic heterocycles. The van der Waals surface area contributed by atoms with Crippen LogP contribution in [-0.4, -0.2) is 63.1 Å². The minimum atomic E-state index is -1.58. The highest BCUT2D eigenvalue weighted by molar-refractivity contribution is 7.87. The zero-order valence-corrected chi connectivity index (χ0v) is 20.7. The molecule has 1 fully saturated rings. The van der Waals surface area contributed by atoms with Crippen molar-refractivity contribution < 1.29 is 33.8 Å².